The molecule has 0 fully saturated rings. The summed E-state index contributed by atoms with van der Waals surface area (Å²) in [6.07, 6.45) is 1.84. The van der Waals surface area contributed by atoms with Gasteiger partial charge < -0.3 is 15.2 Å². The van der Waals surface area contributed by atoms with Gasteiger partial charge in [0.2, 0.25) is 0 Å². The molecule has 0 saturated carbocycles. The first-order valence-electron chi connectivity index (χ1n) is 5.87. The molecule has 0 saturated heterocycles. The Morgan fingerprint density at radius 2 is 2.00 bits per heavy atom. The van der Waals surface area contributed by atoms with Crippen molar-refractivity contribution in [1.29, 1.82) is 0 Å². The fourth-order valence-corrected chi connectivity index (χ4v) is 1.64. The number of methoxy groups -OCH3 is 1. The summed E-state index contributed by atoms with van der Waals surface area (Å²) >= 11 is 0. The highest BCUT2D eigenvalue weighted by Gasteiger charge is 2.21. The van der Waals surface area contributed by atoms with Gasteiger partial charge in [0, 0.05) is 19.7 Å². The first-order valence-corrected chi connectivity index (χ1v) is 5.87. The summed E-state index contributed by atoms with van der Waals surface area (Å²) in [6, 6.07) is 0.318. The van der Waals surface area contributed by atoms with Crippen molar-refractivity contribution in [2.45, 2.75) is 52.2 Å². The van der Waals surface area contributed by atoms with E-state index in [2.05, 4.69) is 26.1 Å². The van der Waals surface area contributed by atoms with Crippen LogP contribution in [-0.4, -0.2) is 37.0 Å². The lowest BCUT2D eigenvalue weighted by atomic mass is 9.98. The SMILES string of the molecule is CCCC(C)(O)CNC(COC)C(C)C. The van der Waals surface area contributed by atoms with Gasteiger partial charge in [-0.2, -0.15) is 0 Å². The molecule has 2 unspecified atom stereocenters. The lowest BCUT2D eigenvalue weighted by Gasteiger charge is -2.28. The molecule has 0 aliphatic rings. The Morgan fingerprint density at radius 1 is 1.40 bits per heavy atom. The van der Waals surface area contributed by atoms with Gasteiger partial charge in [0.15, 0.2) is 0 Å². The molecular formula is C12H27NO2. The Labute approximate surface area is 94.2 Å². The highest BCUT2D eigenvalue weighted by Crippen LogP contribution is 2.11. The van der Waals surface area contributed by atoms with Gasteiger partial charge in [0.05, 0.1) is 12.2 Å². The topological polar surface area (TPSA) is 41.5 Å². The van der Waals surface area contributed by atoms with Crippen molar-refractivity contribution in [3.8, 4) is 0 Å². The predicted octanol–water partition coefficient (Wildman–Crippen LogP) is 1.80. The Bertz CT molecular complexity index is 158. The summed E-state index contributed by atoms with van der Waals surface area (Å²) in [7, 11) is 1.71. The van der Waals surface area contributed by atoms with Gasteiger partial charge in [-0.1, -0.05) is 27.2 Å². The van der Waals surface area contributed by atoms with E-state index in [1.54, 1.807) is 7.11 Å². The van der Waals surface area contributed by atoms with E-state index in [-0.39, 0.29) is 0 Å². The molecule has 0 aliphatic carbocycles. The van der Waals surface area contributed by atoms with E-state index in [1.165, 1.54) is 0 Å². The average molecular weight is 217 g/mol. The fourth-order valence-electron chi connectivity index (χ4n) is 1.64. The largest absolute Gasteiger partial charge is 0.389 e. The van der Waals surface area contributed by atoms with Gasteiger partial charge in [0.1, 0.15) is 0 Å². The highest BCUT2D eigenvalue weighted by molar-refractivity contribution is 4.79. The molecule has 3 heteroatoms. The van der Waals surface area contributed by atoms with Crippen LogP contribution in [0.4, 0.5) is 0 Å². The molecule has 2 N–H and O–H groups in total. The minimum Gasteiger partial charge on any atom is -0.389 e. The second-order valence-electron chi connectivity index (χ2n) is 4.93. The zero-order chi connectivity index (χ0) is 11.9. The van der Waals surface area contributed by atoms with Gasteiger partial charge >= 0.3 is 0 Å². The van der Waals surface area contributed by atoms with E-state index < -0.39 is 5.60 Å². The van der Waals surface area contributed by atoms with Crippen LogP contribution in [0.2, 0.25) is 0 Å². The van der Waals surface area contributed by atoms with E-state index in [0.717, 1.165) is 12.8 Å². The standard InChI is InChI=1S/C12H27NO2/c1-6-7-12(4,14)9-13-11(8-15-5)10(2)3/h10-11,13-14H,6-9H2,1-5H3. The van der Waals surface area contributed by atoms with Gasteiger partial charge in [0.25, 0.3) is 0 Å². The quantitative estimate of drug-likeness (QED) is 0.651. The molecule has 0 rings (SSSR count). The van der Waals surface area contributed by atoms with Gasteiger partial charge in [-0.25, -0.2) is 0 Å². The number of ether oxygens (including phenoxy) is 1. The van der Waals surface area contributed by atoms with Crippen LogP contribution >= 0.6 is 0 Å². The first kappa shape index (κ1) is 14.9. The van der Waals surface area contributed by atoms with Gasteiger partial charge in [-0.15, -0.1) is 0 Å². The monoisotopic (exact) mass is 217 g/mol. The third-order valence-electron chi connectivity index (χ3n) is 2.68. The maximum absolute atomic E-state index is 10.0. The van der Waals surface area contributed by atoms with Crippen molar-refractivity contribution in [2.75, 3.05) is 20.3 Å². The summed E-state index contributed by atoms with van der Waals surface area (Å²) in [5.74, 6) is 0.516. The summed E-state index contributed by atoms with van der Waals surface area (Å²) in [6.45, 7) is 9.61. The lowest BCUT2D eigenvalue weighted by molar-refractivity contribution is 0.0397. The molecule has 0 aliphatic heterocycles. The maximum Gasteiger partial charge on any atom is 0.0743 e. The predicted molar refractivity (Wildman–Crippen MR) is 64.0 cm³/mol. The normalized spacial score (nSPS) is 17.8. The number of hydrogen-bond donors (Lipinski definition) is 2. The molecule has 15 heavy (non-hydrogen) atoms. The molecule has 92 valence electrons. The molecule has 0 bridgehead atoms. The first-order chi connectivity index (χ1) is 6.93. The van der Waals surface area contributed by atoms with Crippen molar-refractivity contribution in [3.05, 3.63) is 0 Å². The van der Waals surface area contributed by atoms with Crippen molar-refractivity contribution in [2.24, 2.45) is 5.92 Å². The summed E-state index contributed by atoms with van der Waals surface area (Å²) in [4.78, 5) is 0. The highest BCUT2D eigenvalue weighted by atomic mass is 16.5. The Morgan fingerprint density at radius 3 is 2.40 bits per heavy atom. The zero-order valence-electron chi connectivity index (χ0n) is 10.8. The molecule has 0 radical (unpaired) electrons. The molecule has 2 atom stereocenters. The second-order valence-corrected chi connectivity index (χ2v) is 4.93. The number of aliphatic hydroxyl groups is 1. The summed E-state index contributed by atoms with van der Waals surface area (Å²) in [5, 5.41) is 13.4. The van der Waals surface area contributed by atoms with Crippen LogP contribution in [0.15, 0.2) is 0 Å². The average Bonchev–Trinajstić information content (AvgIpc) is 2.11. The van der Waals surface area contributed by atoms with Crippen LogP contribution in [0.1, 0.15) is 40.5 Å². The fraction of sp³-hybridized carbons (Fsp3) is 1.00. The third-order valence-corrected chi connectivity index (χ3v) is 2.68. The lowest BCUT2D eigenvalue weighted by Crippen LogP contribution is -2.46. The van der Waals surface area contributed by atoms with E-state index in [9.17, 15) is 5.11 Å². The smallest absolute Gasteiger partial charge is 0.0743 e. The van der Waals surface area contributed by atoms with Crippen LogP contribution in [-0.2, 0) is 4.74 Å². The Kier molecular flexibility index (Phi) is 7.14. The molecule has 3 nitrogen and oxygen atoms in total. The van der Waals surface area contributed by atoms with Crippen LogP contribution in [0.5, 0.6) is 0 Å². The number of rotatable bonds is 8. The second kappa shape index (κ2) is 7.20. The molecule has 0 aromatic rings. The minimum absolute atomic E-state index is 0.318. The molecular weight excluding hydrogens is 190 g/mol. The van der Waals surface area contributed by atoms with Crippen molar-refractivity contribution < 1.29 is 9.84 Å². The van der Waals surface area contributed by atoms with E-state index >= 15 is 0 Å². The zero-order valence-corrected chi connectivity index (χ0v) is 10.8. The van der Waals surface area contributed by atoms with E-state index in [1.807, 2.05) is 6.92 Å². The van der Waals surface area contributed by atoms with E-state index in [4.69, 9.17) is 4.74 Å². The van der Waals surface area contributed by atoms with Crippen molar-refractivity contribution >= 4 is 0 Å². The van der Waals surface area contributed by atoms with Gasteiger partial charge in [-0.3, -0.25) is 0 Å². The maximum atomic E-state index is 10.0. The van der Waals surface area contributed by atoms with Crippen molar-refractivity contribution in [1.82, 2.24) is 5.32 Å². The Hall–Kier alpha value is -0.120. The third kappa shape index (κ3) is 6.88. The minimum atomic E-state index is -0.602. The summed E-state index contributed by atoms with van der Waals surface area (Å²) in [5.41, 5.74) is -0.602. The summed E-state index contributed by atoms with van der Waals surface area (Å²) < 4.78 is 5.15. The molecule has 0 heterocycles. The van der Waals surface area contributed by atoms with Crippen LogP contribution in [0.25, 0.3) is 0 Å². The molecule has 0 aromatic heterocycles. The number of hydrogen-bond acceptors (Lipinski definition) is 3. The molecule has 0 spiro atoms. The number of nitrogens with one attached hydrogen (secondary N) is 1. The van der Waals surface area contributed by atoms with Crippen molar-refractivity contribution in [3.63, 3.8) is 0 Å². The van der Waals surface area contributed by atoms with Crippen LogP contribution in [0.3, 0.4) is 0 Å². The van der Waals surface area contributed by atoms with E-state index in [0.29, 0.717) is 25.1 Å². The molecule has 0 amide bonds. The van der Waals surface area contributed by atoms with Crippen LogP contribution < -0.4 is 5.32 Å². The molecule has 0 aromatic carbocycles. The van der Waals surface area contributed by atoms with Crippen LogP contribution in [0, 0.1) is 5.92 Å². The Balaban J connectivity index is 3.97. The van der Waals surface area contributed by atoms with Gasteiger partial charge in [-0.05, 0) is 19.3 Å².